The lowest BCUT2D eigenvalue weighted by Crippen LogP contribution is -2.06. The third-order valence-electron chi connectivity index (χ3n) is 2.78. The summed E-state index contributed by atoms with van der Waals surface area (Å²) in [6.45, 7) is 2.41. The Kier molecular flexibility index (Phi) is 4.72. The molecule has 2 aromatic rings. The van der Waals surface area contributed by atoms with Gasteiger partial charge < -0.3 is 9.72 Å². The molecule has 0 radical (unpaired) electrons. The quantitative estimate of drug-likeness (QED) is 0.810. The van der Waals surface area contributed by atoms with Gasteiger partial charge in [-0.1, -0.05) is 37.3 Å². The lowest BCUT2D eigenvalue weighted by molar-refractivity contribution is 0.0498. The Morgan fingerprint density at radius 3 is 2.79 bits per heavy atom. The zero-order chi connectivity index (χ0) is 13.5. The Bertz CT molecular complexity index is 520. The summed E-state index contributed by atoms with van der Waals surface area (Å²) in [5.41, 5.74) is 1.69. The molecule has 100 valence electrons. The molecule has 0 bridgehead atoms. The fourth-order valence-electron chi connectivity index (χ4n) is 1.77. The van der Waals surface area contributed by atoms with Crippen LogP contribution in [0.25, 0.3) is 0 Å². The molecule has 0 aliphatic heterocycles. The van der Waals surface area contributed by atoms with Crippen LogP contribution in [0.1, 0.15) is 35.2 Å². The van der Waals surface area contributed by atoms with Crippen LogP contribution < -0.4 is 0 Å². The van der Waals surface area contributed by atoms with Crippen molar-refractivity contribution < 1.29 is 9.53 Å². The molecule has 0 fully saturated rings. The van der Waals surface area contributed by atoms with E-state index < -0.39 is 0 Å². The highest BCUT2D eigenvalue weighted by atomic mass is 16.5. The summed E-state index contributed by atoms with van der Waals surface area (Å²) in [4.78, 5) is 18.8. The van der Waals surface area contributed by atoms with E-state index in [1.807, 2.05) is 25.1 Å². The maximum absolute atomic E-state index is 11.6. The number of rotatable bonds is 6. The van der Waals surface area contributed by atoms with Crippen LogP contribution >= 0.6 is 0 Å². The highest BCUT2D eigenvalue weighted by molar-refractivity contribution is 5.86. The van der Waals surface area contributed by atoms with Gasteiger partial charge >= 0.3 is 5.97 Å². The highest BCUT2D eigenvalue weighted by Crippen LogP contribution is 2.06. The maximum atomic E-state index is 11.6. The number of benzene rings is 1. The summed E-state index contributed by atoms with van der Waals surface area (Å²) in [5, 5.41) is 0. The van der Waals surface area contributed by atoms with Crippen LogP contribution in [0, 0.1) is 0 Å². The SMILES string of the molecule is CCCOC(=O)c1cnc(CCc2ccccc2)[nH]1. The van der Waals surface area contributed by atoms with E-state index in [4.69, 9.17) is 4.74 Å². The standard InChI is InChI=1S/C15H18N2O2/c1-2-10-19-15(18)13-11-16-14(17-13)9-8-12-6-4-3-5-7-12/h3-7,11H,2,8-10H2,1H3,(H,16,17). The highest BCUT2D eigenvalue weighted by Gasteiger charge is 2.10. The monoisotopic (exact) mass is 258 g/mol. The third kappa shape index (κ3) is 3.95. The summed E-state index contributed by atoms with van der Waals surface area (Å²) in [7, 11) is 0. The van der Waals surface area contributed by atoms with Crippen LogP contribution in [-0.2, 0) is 17.6 Å². The lowest BCUT2D eigenvalue weighted by Gasteiger charge is -2.00. The van der Waals surface area contributed by atoms with Crippen molar-refractivity contribution in [2.24, 2.45) is 0 Å². The number of hydrogen-bond acceptors (Lipinski definition) is 3. The van der Waals surface area contributed by atoms with E-state index >= 15 is 0 Å². The molecule has 1 aromatic carbocycles. The number of aryl methyl sites for hydroxylation is 2. The van der Waals surface area contributed by atoms with E-state index in [0.717, 1.165) is 25.1 Å². The van der Waals surface area contributed by atoms with E-state index in [1.54, 1.807) is 6.20 Å². The Hall–Kier alpha value is -2.10. The first-order valence-electron chi connectivity index (χ1n) is 6.54. The predicted octanol–water partition coefficient (Wildman–Crippen LogP) is 2.76. The Morgan fingerprint density at radius 2 is 2.05 bits per heavy atom. The van der Waals surface area contributed by atoms with Crippen LogP contribution in [0.3, 0.4) is 0 Å². The van der Waals surface area contributed by atoms with Crippen molar-refractivity contribution in [2.75, 3.05) is 6.61 Å². The second-order valence-corrected chi connectivity index (χ2v) is 4.37. The van der Waals surface area contributed by atoms with Gasteiger partial charge in [0.25, 0.3) is 0 Å². The number of aromatic amines is 1. The smallest absolute Gasteiger partial charge is 0.356 e. The number of carbonyl (C=O) groups is 1. The van der Waals surface area contributed by atoms with Gasteiger partial charge in [0, 0.05) is 6.42 Å². The van der Waals surface area contributed by atoms with Crippen LogP contribution in [0.5, 0.6) is 0 Å². The number of aromatic nitrogens is 2. The molecule has 0 aliphatic rings. The largest absolute Gasteiger partial charge is 0.461 e. The molecule has 0 saturated carbocycles. The fourth-order valence-corrected chi connectivity index (χ4v) is 1.77. The molecule has 4 heteroatoms. The molecular formula is C15H18N2O2. The van der Waals surface area contributed by atoms with Gasteiger partial charge in [-0.15, -0.1) is 0 Å². The van der Waals surface area contributed by atoms with E-state index in [1.165, 1.54) is 5.56 Å². The van der Waals surface area contributed by atoms with Crippen LogP contribution in [-0.4, -0.2) is 22.5 Å². The Balaban J connectivity index is 1.89. The summed E-state index contributed by atoms with van der Waals surface area (Å²) in [5.74, 6) is 0.479. The Labute approximate surface area is 112 Å². The number of H-pyrrole nitrogens is 1. The second kappa shape index (κ2) is 6.73. The second-order valence-electron chi connectivity index (χ2n) is 4.37. The van der Waals surface area contributed by atoms with Crippen molar-refractivity contribution in [1.82, 2.24) is 9.97 Å². The molecule has 0 amide bonds. The fraction of sp³-hybridized carbons (Fsp3) is 0.333. The van der Waals surface area contributed by atoms with Gasteiger partial charge in [0.1, 0.15) is 11.5 Å². The molecule has 1 N–H and O–H groups in total. The van der Waals surface area contributed by atoms with Gasteiger partial charge in [0.15, 0.2) is 0 Å². The van der Waals surface area contributed by atoms with Crippen LogP contribution in [0.4, 0.5) is 0 Å². The molecular weight excluding hydrogens is 240 g/mol. The van der Waals surface area contributed by atoms with Gasteiger partial charge in [0.05, 0.1) is 12.8 Å². The van der Waals surface area contributed by atoms with E-state index in [9.17, 15) is 4.79 Å². The van der Waals surface area contributed by atoms with E-state index in [0.29, 0.717) is 12.3 Å². The zero-order valence-corrected chi connectivity index (χ0v) is 11.1. The number of ether oxygens (including phenoxy) is 1. The van der Waals surface area contributed by atoms with Crippen molar-refractivity contribution >= 4 is 5.97 Å². The number of nitrogens with one attached hydrogen (secondary N) is 1. The van der Waals surface area contributed by atoms with Gasteiger partial charge in [-0.2, -0.15) is 0 Å². The molecule has 1 aromatic heterocycles. The van der Waals surface area contributed by atoms with Gasteiger partial charge in [0.2, 0.25) is 0 Å². The van der Waals surface area contributed by atoms with Gasteiger partial charge in [-0.3, -0.25) is 0 Å². The van der Waals surface area contributed by atoms with Gasteiger partial charge in [-0.05, 0) is 18.4 Å². The molecule has 19 heavy (non-hydrogen) atoms. The first-order valence-corrected chi connectivity index (χ1v) is 6.54. The molecule has 0 saturated heterocycles. The van der Waals surface area contributed by atoms with Crippen molar-refractivity contribution in [3.8, 4) is 0 Å². The zero-order valence-electron chi connectivity index (χ0n) is 11.1. The number of hydrogen-bond donors (Lipinski definition) is 1. The average Bonchev–Trinajstić information content (AvgIpc) is 2.92. The minimum atomic E-state index is -0.333. The molecule has 0 spiro atoms. The molecule has 2 rings (SSSR count). The van der Waals surface area contributed by atoms with Crippen molar-refractivity contribution in [1.29, 1.82) is 0 Å². The lowest BCUT2D eigenvalue weighted by atomic mass is 10.1. The van der Waals surface area contributed by atoms with Crippen molar-refractivity contribution in [3.05, 3.63) is 53.6 Å². The first-order chi connectivity index (χ1) is 9.29. The molecule has 0 aliphatic carbocycles. The Morgan fingerprint density at radius 1 is 1.26 bits per heavy atom. The maximum Gasteiger partial charge on any atom is 0.356 e. The summed E-state index contributed by atoms with van der Waals surface area (Å²) < 4.78 is 5.04. The normalized spacial score (nSPS) is 10.4. The predicted molar refractivity (Wildman–Crippen MR) is 73.0 cm³/mol. The van der Waals surface area contributed by atoms with Crippen molar-refractivity contribution in [3.63, 3.8) is 0 Å². The van der Waals surface area contributed by atoms with Crippen molar-refractivity contribution in [2.45, 2.75) is 26.2 Å². The number of imidazole rings is 1. The number of nitrogens with zero attached hydrogens (tertiary/aromatic N) is 1. The summed E-state index contributed by atoms with van der Waals surface area (Å²) in [6.07, 6.45) is 4.04. The number of esters is 1. The average molecular weight is 258 g/mol. The van der Waals surface area contributed by atoms with Crippen LogP contribution in [0.2, 0.25) is 0 Å². The topological polar surface area (TPSA) is 55.0 Å². The minimum Gasteiger partial charge on any atom is -0.461 e. The summed E-state index contributed by atoms with van der Waals surface area (Å²) >= 11 is 0. The van der Waals surface area contributed by atoms with Gasteiger partial charge in [-0.25, -0.2) is 9.78 Å². The number of carbonyl (C=O) groups excluding carboxylic acids is 1. The molecule has 1 heterocycles. The molecule has 0 atom stereocenters. The molecule has 0 unspecified atom stereocenters. The molecule has 4 nitrogen and oxygen atoms in total. The first kappa shape index (κ1) is 13.3. The third-order valence-corrected chi connectivity index (χ3v) is 2.78. The van der Waals surface area contributed by atoms with E-state index in [-0.39, 0.29) is 5.97 Å². The van der Waals surface area contributed by atoms with E-state index in [2.05, 4.69) is 22.1 Å². The minimum absolute atomic E-state index is 0.333. The van der Waals surface area contributed by atoms with Crippen LogP contribution in [0.15, 0.2) is 36.5 Å². The summed E-state index contributed by atoms with van der Waals surface area (Å²) in [6, 6.07) is 10.2.